The van der Waals surface area contributed by atoms with Crippen molar-refractivity contribution in [1.82, 2.24) is 25.8 Å². The van der Waals surface area contributed by atoms with Gasteiger partial charge in [0.1, 0.15) is 11.4 Å². The summed E-state index contributed by atoms with van der Waals surface area (Å²) in [6.45, 7) is 4.90. The van der Waals surface area contributed by atoms with Crippen molar-refractivity contribution in [2.45, 2.75) is 44.5 Å². The smallest absolute Gasteiger partial charge is 0.428 e. The number of aromatic amines is 1. The van der Waals surface area contributed by atoms with Crippen LogP contribution in [0.5, 0.6) is 0 Å². The summed E-state index contributed by atoms with van der Waals surface area (Å²) in [7, 11) is 0. The van der Waals surface area contributed by atoms with E-state index < -0.39 is 23.4 Å². The molecule has 0 aliphatic carbocycles. The number of likely N-dealkylation sites (tertiary alicyclic amines) is 1. The van der Waals surface area contributed by atoms with Crippen LogP contribution in [-0.4, -0.2) is 64.1 Å². The molecule has 10 nitrogen and oxygen atoms in total. The first-order valence-corrected chi connectivity index (χ1v) is 11.2. The van der Waals surface area contributed by atoms with E-state index in [-0.39, 0.29) is 47.3 Å². The van der Waals surface area contributed by atoms with E-state index in [1.54, 1.807) is 19.1 Å². The number of nitriles is 1. The topological polar surface area (TPSA) is 136 Å². The van der Waals surface area contributed by atoms with Crippen LogP contribution >= 0.6 is 0 Å². The zero-order chi connectivity index (χ0) is 26.1. The van der Waals surface area contributed by atoms with Crippen molar-refractivity contribution >= 4 is 17.7 Å². The average molecular weight is 503 g/mol. The van der Waals surface area contributed by atoms with Gasteiger partial charge in [-0.3, -0.25) is 9.89 Å². The van der Waals surface area contributed by atoms with Crippen molar-refractivity contribution < 1.29 is 27.5 Å². The number of aromatic nitrogens is 2. The first-order valence-electron chi connectivity index (χ1n) is 11.2. The number of hydrogen-bond acceptors (Lipinski definition) is 7. The molecule has 3 N–H and O–H groups in total. The van der Waals surface area contributed by atoms with Crippen LogP contribution in [0.3, 0.4) is 0 Å². The molecular weight excluding hydrogens is 479 g/mol. The van der Waals surface area contributed by atoms with Gasteiger partial charge in [0.25, 0.3) is 5.91 Å². The van der Waals surface area contributed by atoms with Crippen LogP contribution in [0.25, 0.3) is 0 Å². The zero-order valence-electron chi connectivity index (χ0n) is 19.6. The SMILES string of the molecule is Cc1cc(C(=O)N[C@@H](C)CN2CCC3(CC2)OC(=O)NN=C3c2ccc(C#N)cc2C(F)(F)F)n[nH]1. The summed E-state index contributed by atoms with van der Waals surface area (Å²) in [6.07, 6.45) is -5.18. The second kappa shape index (κ2) is 9.62. The van der Waals surface area contributed by atoms with Crippen LogP contribution < -0.4 is 10.7 Å². The number of halogens is 3. The van der Waals surface area contributed by atoms with Crippen molar-refractivity contribution in [3.05, 3.63) is 52.3 Å². The molecule has 0 saturated carbocycles. The van der Waals surface area contributed by atoms with Gasteiger partial charge < -0.3 is 15.0 Å². The Hall–Kier alpha value is -3.92. The zero-order valence-corrected chi connectivity index (χ0v) is 19.6. The molecule has 0 radical (unpaired) electrons. The third kappa shape index (κ3) is 5.18. The first-order chi connectivity index (χ1) is 17.0. The van der Waals surface area contributed by atoms with Gasteiger partial charge in [0.2, 0.25) is 0 Å². The largest absolute Gasteiger partial charge is 0.435 e. The summed E-state index contributed by atoms with van der Waals surface area (Å²) in [4.78, 5) is 26.4. The predicted octanol–water partition coefficient (Wildman–Crippen LogP) is 2.71. The fourth-order valence-electron chi connectivity index (χ4n) is 4.51. The van der Waals surface area contributed by atoms with Gasteiger partial charge >= 0.3 is 12.3 Å². The summed E-state index contributed by atoms with van der Waals surface area (Å²) in [5, 5.41) is 22.6. The molecule has 2 aromatic rings. The quantitative estimate of drug-likeness (QED) is 0.574. The number of piperidine rings is 1. The summed E-state index contributed by atoms with van der Waals surface area (Å²) >= 11 is 0. The van der Waals surface area contributed by atoms with Crippen LogP contribution in [0.15, 0.2) is 29.4 Å². The summed E-state index contributed by atoms with van der Waals surface area (Å²) < 4.78 is 47.1. The minimum absolute atomic E-state index is 0.0335. The Bertz CT molecular complexity index is 1240. The Morgan fingerprint density at radius 1 is 1.33 bits per heavy atom. The molecular formula is C23H24F3N7O3. The van der Waals surface area contributed by atoms with E-state index in [4.69, 9.17) is 10.00 Å². The highest BCUT2D eigenvalue weighted by atomic mass is 19.4. The third-order valence-electron chi connectivity index (χ3n) is 6.20. The van der Waals surface area contributed by atoms with Crippen LogP contribution in [0.4, 0.5) is 18.0 Å². The Balaban J connectivity index is 1.49. The molecule has 2 aliphatic heterocycles. The standard InChI is InChI=1S/C23H24F3N7O3/c1-13-9-18(30-29-13)20(34)28-14(2)12-33-7-5-22(6-8-33)19(31-32-21(35)36-22)16-4-3-15(11-27)10-17(16)23(24,25)26/h3-4,9-10,14H,5-8,12H2,1-2H3,(H,28,34)(H,29,30)(H,32,35)/t14-/m0/s1. The molecule has 0 unspecified atom stereocenters. The molecule has 13 heteroatoms. The Morgan fingerprint density at radius 2 is 2.06 bits per heavy atom. The van der Waals surface area contributed by atoms with Gasteiger partial charge in [0.05, 0.1) is 17.2 Å². The van der Waals surface area contributed by atoms with Crippen LogP contribution in [0.2, 0.25) is 0 Å². The van der Waals surface area contributed by atoms with Crippen molar-refractivity contribution in [1.29, 1.82) is 5.26 Å². The van der Waals surface area contributed by atoms with Gasteiger partial charge in [-0.05, 0) is 32.0 Å². The lowest BCUT2D eigenvalue weighted by Crippen LogP contribution is -2.57. The van der Waals surface area contributed by atoms with Crippen molar-refractivity contribution in [3.8, 4) is 6.07 Å². The van der Waals surface area contributed by atoms with Gasteiger partial charge in [0.15, 0.2) is 5.60 Å². The number of H-pyrrole nitrogens is 1. The molecule has 1 atom stereocenters. The number of hydrazone groups is 1. The minimum atomic E-state index is -4.74. The molecule has 1 saturated heterocycles. The van der Waals surface area contributed by atoms with E-state index in [2.05, 4.69) is 26.0 Å². The van der Waals surface area contributed by atoms with E-state index in [1.807, 2.05) is 11.8 Å². The Kier molecular flexibility index (Phi) is 6.73. The number of nitrogens with zero attached hydrogens (tertiary/aromatic N) is 4. The monoisotopic (exact) mass is 503 g/mol. The molecule has 2 amide bonds. The van der Waals surface area contributed by atoms with Crippen LogP contribution in [0.1, 0.15) is 52.6 Å². The van der Waals surface area contributed by atoms with Crippen LogP contribution in [-0.2, 0) is 10.9 Å². The normalized spacial score (nSPS) is 18.6. The average Bonchev–Trinajstić information content (AvgIpc) is 3.26. The van der Waals surface area contributed by atoms with E-state index in [1.165, 1.54) is 12.1 Å². The van der Waals surface area contributed by atoms with Gasteiger partial charge in [-0.15, -0.1) is 0 Å². The number of nitrogens with one attached hydrogen (secondary N) is 3. The summed E-state index contributed by atoms with van der Waals surface area (Å²) in [5.74, 6) is -0.317. The number of ether oxygens (including phenoxy) is 1. The number of rotatable bonds is 5. The number of carbonyl (C=O) groups excluding carboxylic acids is 2. The molecule has 1 spiro atoms. The number of hydrogen-bond donors (Lipinski definition) is 3. The maximum atomic E-state index is 13.8. The Labute approximate surface area is 204 Å². The summed E-state index contributed by atoms with van der Waals surface area (Å²) in [6, 6.07) is 6.34. The Morgan fingerprint density at radius 3 is 2.67 bits per heavy atom. The second-order valence-electron chi connectivity index (χ2n) is 8.94. The highest BCUT2D eigenvalue weighted by Gasteiger charge is 2.48. The minimum Gasteiger partial charge on any atom is -0.435 e. The molecule has 1 fully saturated rings. The van der Waals surface area contributed by atoms with E-state index in [0.717, 1.165) is 11.8 Å². The lowest BCUT2D eigenvalue weighted by molar-refractivity contribution is -0.137. The summed E-state index contributed by atoms with van der Waals surface area (Å²) in [5.41, 5.74) is 0.363. The first kappa shape index (κ1) is 25.2. The van der Waals surface area contributed by atoms with E-state index in [0.29, 0.717) is 19.6 Å². The molecule has 3 heterocycles. The highest BCUT2D eigenvalue weighted by molar-refractivity contribution is 6.10. The maximum absolute atomic E-state index is 13.8. The van der Waals surface area contributed by atoms with Gasteiger partial charge in [-0.1, -0.05) is 6.07 Å². The van der Waals surface area contributed by atoms with Crippen LogP contribution in [0, 0.1) is 18.3 Å². The molecule has 36 heavy (non-hydrogen) atoms. The van der Waals surface area contributed by atoms with Crippen molar-refractivity contribution in [2.24, 2.45) is 5.10 Å². The maximum Gasteiger partial charge on any atom is 0.428 e. The third-order valence-corrected chi connectivity index (χ3v) is 6.20. The lowest BCUT2D eigenvalue weighted by atomic mass is 9.81. The van der Waals surface area contributed by atoms with Crippen molar-refractivity contribution in [2.75, 3.05) is 19.6 Å². The second-order valence-corrected chi connectivity index (χ2v) is 8.94. The van der Waals surface area contributed by atoms with E-state index in [9.17, 15) is 22.8 Å². The lowest BCUT2D eigenvalue weighted by Gasteiger charge is -2.43. The molecule has 0 bridgehead atoms. The van der Waals surface area contributed by atoms with Gasteiger partial charge in [-0.2, -0.15) is 28.6 Å². The fraction of sp³-hybridized carbons (Fsp3) is 0.435. The molecule has 1 aromatic carbocycles. The number of amides is 2. The van der Waals surface area contributed by atoms with Gasteiger partial charge in [-0.25, -0.2) is 10.2 Å². The molecule has 2 aliphatic rings. The molecule has 1 aromatic heterocycles. The predicted molar refractivity (Wildman–Crippen MR) is 121 cm³/mol. The number of carbonyl (C=O) groups is 2. The van der Waals surface area contributed by atoms with E-state index >= 15 is 0 Å². The highest BCUT2D eigenvalue weighted by Crippen LogP contribution is 2.39. The number of benzene rings is 1. The fourth-order valence-corrected chi connectivity index (χ4v) is 4.51. The molecule has 190 valence electrons. The van der Waals surface area contributed by atoms with Gasteiger partial charge in [0, 0.05) is 49.8 Å². The molecule has 4 rings (SSSR count). The number of aryl methyl sites for hydroxylation is 1. The van der Waals surface area contributed by atoms with Crippen molar-refractivity contribution in [3.63, 3.8) is 0 Å². The number of alkyl halides is 3.